The molecule has 0 saturated heterocycles. The van der Waals surface area contributed by atoms with Gasteiger partial charge >= 0.3 is 0 Å². The molecule has 7 heteroatoms. The van der Waals surface area contributed by atoms with Crippen LogP contribution in [0.2, 0.25) is 10.0 Å². The van der Waals surface area contributed by atoms with Crippen LogP contribution in [0.3, 0.4) is 0 Å². The second-order valence-electron chi connectivity index (χ2n) is 6.85. The molecule has 0 unspecified atom stereocenters. The van der Waals surface area contributed by atoms with Crippen LogP contribution in [0.5, 0.6) is 0 Å². The Labute approximate surface area is 189 Å². The molecule has 4 nitrogen and oxygen atoms in total. The number of hydrogen-bond acceptors (Lipinski definition) is 3. The number of rotatable bonds is 5. The number of imide groups is 1. The Kier molecular flexibility index (Phi) is 5.81. The van der Waals surface area contributed by atoms with Crippen LogP contribution in [-0.4, -0.2) is 18.4 Å². The summed E-state index contributed by atoms with van der Waals surface area (Å²) in [4.78, 5) is 29.9. The lowest BCUT2D eigenvalue weighted by Gasteiger charge is -2.25. The number of halogens is 3. The third-order valence-electron chi connectivity index (χ3n) is 5.00. The van der Waals surface area contributed by atoms with Crippen molar-refractivity contribution in [3.8, 4) is 0 Å². The molecule has 0 radical (unpaired) electrons. The Morgan fingerprint density at radius 1 is 0.903 bits per heavy atom. The Bertz CT molecular complexity index is 1190. The maximum absolute atomic E-state index is 13.6. The van der Waals surface area contributed by atoms with Gasteiger partial charge in [0.2, 0.25) is 0 Å². The zero-order valence-corrected chi connectivity index (χ0v) is 18.0. The first-order chi connectivity index (χ1) is 14.9. The van der Waals surface area contributed by atoms with E-state index < -0.39 is 17.6 Å². The van der Waals surface area contributed by atoms with E-state index in [1.54, 1.807) is 17.0 Å². The standard InChI is InChI=1S/C24H17Cl2FN2O2/c1-2-28(17-6-4-3-5-7-17)22-21(19-13-8-15(25)14-20(19)26)23(30)29(24(22)31)18-11-9-16(27)10-12-18/h3-14H,2H2,1H3. The molecule has 1 heterocycles. The number of carbonyl (C=O) groups is 2. The van der Waals surface area contributed by atoms with Crippen molar-refractivity contribution in [2.45, 2.75) is 6.92 Å². The topological polar surface area (TPSA) is 40.6 Å². The van der Waals surface area contributed by atoms with Gasteiger partial charge in [0.25, 0.3) is 11.8 Å². The van der Waals surface area contributed by atoms with Crippen LogP contribution in [0.25, 0.3) is 5.57 Å². The maximum Gasteiger partial charge on any atom is 0.282 e. The molecule has 0 aromatic heterocycles. The highest BCUT2D eigenvalue weighted by atomic mass is 35.5. The van der Waals surface area contributed by atoms with Gasteiger partial charge in [-0.05, 0) is 55.5 Å². The van der Waals surface area contributed by atoms with E-state index in [9.17, 15) is 14.0 Å². The van der Waals surface area contributed by atoms with Crippen LogP contribution in [0, 0.1) is 5.82 Å². The highest BCUT2D eigenvalue weighted by molar-refractivity contribution is 6.48. The molecule has 0 N–H and O–H groups in total. The Balaban J connectivity index is 1.93. The van der Waals surface area contributed by atoms with Gasteiger partial charge in [-0.1, -0.05) is 47.5 Å². The summed E-state index contributed by atoms with van der Waals surface area (Å²) >= 11 is 12.5. The van der Waals surface area contributed by atoms with Gasteiger partial charge in [0.15, 0.2) is 0 Å². The van der Waals surface area contributed by atoms with Gasteiger partial charge in [-0.25, -0.2) is 9.29 Å². The number of anilines is 2. The molecule has 0 bridgehead atoms. The van der Waals surface area contributed by atoms with Crippen LogP contribution >= 0.6 is 23.2 Å². The van der Waals surface area contributed by atoms with E-state index in [0.717, 1.165) is 10.6 Å². The van der Waals surface area contributed by atoms with E-state index >= 15 is 0 Å². The smallest absolute Gasteiger partial charge is 0.282 e. The Morgan fingerprint density at radius 3 is 2.19 bits per heavy atom. The summed E-state index contributed by atoms with van der Waals surface area (Å²) in [5, 5.41) is 0.671. The van der Waals surface area contributed by atoms with Crippen LogP contribution in [-0.2, 0) is 9.59 Å². The largest absolute Gasteiger partial charge is 0.337 e. The minimum Gasteiger partial charge on any atom is -0.337 e. The quantitative estimate of drug-likeness (QED) is 0.447. The Morgan fingerprint density at radius 2 is 1.58 bits per heavy atom. The van der Waals surface area contributed by atoms with Crippen LogP contribution in [0.4, 0.5) is 15.8 Å². The fraction of sp³-hybridized carbons (Fsp3) is 0.0833. The third-order valence-corrected chi connectivity index (χ3v) is 5.55. The molecule has 0 atom stereocenters. The summed E-state index contributed by atoms with van der Waals surface area (Å²) < 4.78 is 13.4. The maximum atomic E-state index is 13.6. The molecule has 31 heavy (non-hydrogen) atoms. The lowest BCUT2D eigenvalue weighted by molar-refractivity contribution is -0.120. The average molecular weight is 455 g/mol. The zero-order valence-electron chi connectivity index (χ0n) is 16.5. The molecule has 4 rings (SSSR count). The number of nitrogens with zero attached hydrogens (tertiary/aromatic N) is 2. The number of carbonyl (C=O) groups excluding carboxylic acids is 2. The summed E-state index contributed by atoms with van der Waals surface area (Å²) in [6, 6.07) is 19.3. The van der Waals surface area contributed by atoms with Crippen molar-refractivity contribution < 1.29 is 14.0 Å². The molecular formula is C24H17Cl2FN2O2. The molecule has 0 saturated carbocycles. The molecule has 3 aromatic rings. The molecule has 156 valence electrons. The predicted octanol–water partition coefficient (Wildman–Crippen LogP) is 5.94. The van der Waals surface area contributed by atoms with Gasteiger partial charge in [-0.15, -0.1) is 0 Å². The van der Waals surface area contributed by atoms with Crippen molar-refractivity contribution in [1.82, 2.24) is 0 Å². The van der Waals surface area contributed by atoms with Gasteiger partial charge in [-0.3, -0.25) is 9.59 Å². The van der Waals surface area contributed by atoms with E-state index in [1.807, 2.05) is 37.3 Å². The number of likely N-dealkylation sites (N-methyl/N-ethyl adjacent to an activating group) is 1. The molecule has 3 aromatic carbocycles. The van der Waals surface area contributed by atoms with E-state index in [1.165, 1.54) is 30.3 Å². The highest BCUT2D eigenvalue weighted by Crippen LogP contribution is 2.39. The van der Waals surface area contributed by atoms with Crippen molar-refractivity contribution in [3.63, 3.8) is 0 Å². The summed E-state index contributed by atoms with van der Waals surface area (Å²) in [5.41, 5.74) is 1.80. The number of hydrogen-bond donors (Lipinski definition) is 0. The molecule has 0 aliphatic carbocycles. The molecule has 1 aliphatic heterocycles. The summed E-state index contributed by atoms with van der Waals surface area (Å²) in [6.45, 7) is 2.32. The van der Waals surface area contributed by atoms with Crippen LogP contribution in [0.15, 0.2) is 78.5 Å². The second-order valence-corrected chi connectivity index (χ2v) is 7.69. The van der Waals surface area contributed by atoms with Crippen molar-refractivity contribution in [2.75, 3.05) is 16.3 Å². The lowest BCUT2D eigenvalue weighted by Crippen LogP contribution is -2.35. The SMILES string of the molecule is CCN(C1=C(c2ccc(Cl)cc2Cl)C(=O)N(c2ccc(F)cc2)C1=O)c1ccccc1. The monoisotopic (exact) mass is 454 g/mol. The lowest BCUT2D eigenvalue weighted by atomic mass is 10.0. The normalized spacial score (nSPS) is 13.9. The van der Waals surface area contributed by atoms with Crippen molar-refractivity contribution in [3.05, 3.63) is 99.9 Å². The van der Waals surface area contributed by atoms with E-state index in [0.29, 0.717) is 17.1 Å². The average Bonchev–Trinajstić information content (AvgIpc) is 3.01. The number of amides is 2. The minimum absolute atomic E-state index is 0.168. The second kappa shape index (κ2) is 8.53. The van der Waals surface area contributed by atoms with Gasteiger partial charge in [-0.2, -0.15) is 0 Å². The first kappa shape index (κ1) is 21.1. The fourth-order valence-corrected chi connectivity index (χ4v) is 4.11. The van der Waals surface area contributed by atoms with Crippen molar-refractivity contribution in [1.29, 1.82) is 0 Å². The number of benzene rings is 3. The first-order valence-corrected chi connectivity index (χ1v) is 10.3. The first-order valence-electron chi connectivity index (χ1n) is 9.59. The van der Waals surface area contributed by atoms with Crippen LogP contribution < -0.4 is 9.80 Å². The predicted molar refractivity (Wildman–Crippen MR) is 122 cm³/mol. The minimum atomic E-state index is -0.537. The van der Waals surface area contributed by atoms with Gasteiger partial charge in [0, 0.05) is 22.8 Å². The van der Waals surface area contributed by atoms with Crippen molar-refractivity contribution >= 4 is 52.0 Å². The summed E-state index contributed by atoms with van der Waals surface area (Å²) in [6.07, 6.45) is 0. The molecular weight excluding hydrogens is 438 g/mol. The molecule has 0 fully saturated rings. The molecule has 1 aliphatic rings. The Hall–Kier alpha value is -3.15. The summed E-state index contributed by atoms with van der Waals surface area (Å²) in [5.74, 6) is -1.51. The van der Waals surface area contributed by atoms with E-state index in [2.05, 4.69) is 0 Å². The van der Waals surface area contributed by atoms with Crippen molar-refractivity contribution in [2.24, 2.45) is 0 Å². The van der Waals surface area contributed by atoms with Crippen LogP contribution in [0.1, 0.15) is 12.5 Å². The van der Waals surface area contributed by atoms with Gasteiger partial charge < -0.3 is 4.90 Å². The van der Waals surface area contributed by atoms with Gasteiger partial charge in [0.05, 0.1) is 16.3 Å². The highest BCUT2D eigenvalue weighted by Gasteiger charge is 2.43. The summed E-state index contributed by atoms with van der Waals surface area (Å²) in [7, 11) is 0. The molecule has 2 amide bonds. The zero-order chi connectivity index (χ0) is 22.1. The third kappa shape index (κ3) is 3.82. The van der Waals surface area contributed by atoms with E-state index in [4.69, 9.17) is 23.2 Å². The fourth-order valence-electron chi connectivity index (χ4n) is 3.61. The van der Waals surface area contributed by atoms with Gasteiger partial charge in [0.1, 0.15) is 11.5 Å². The van der Waals surface area contributed by atoms with E-state index in [-0.39, 0.29) is 22.0 Å². The number of para-hydroxylation sites is 1. The molecule has 0 spiro atoms.